The van der Waals surface area contributed by atoms with E-state index in [1.807, 2.05) is 6.92 Å². The lowest BCUT2D eigenvalue weighted by atomic mass is 10.1. The Morgan fingerprint density at radius 2 is 1.45 bits per heavy atom. The van der Waals surface area contributed by atoms with Gasteiger partial charge in [0.05, 0.1) is 0 Å². The third kappa shape index (κ3) is 15.0. The van der Waals surface area contributed by atoms with E-state index in [0.717, 1.165) is 51.4 Å². The smallest absolute Gasteiger partial charge is 0.302 e. The van der Waals surface area contributed by atoms with Crippen molar-refractivity contribution < 1.29 is 14.3 Å². The molecule has 0 saturated carbocycles. The maximum absolute atomic E-state index is 10.9. The van der Waals surface area contributed by atoms with Crippen molar-refractivity contribution in [2.24, 2.45) is 0 Å². The van der Waals surface area contributed by atoms with Crippen molar-refractivity contribution in [1.82, 2.24) is 0 Å². The van der Waals surface area contributed by atoms with E-state index in [4.69, 9.17) is 4.74 Å². The summed E-state index contributed by atoms with van der Waals surface area (Å²) in [6, 6.07) is 0. The van der Waals surface area contributed by atoms with Crippen molar-refractivity contribution in [3.05, 3.63) is 24.3 Å². The Bertz CT molecular complexity index is 356. The van der Waals surface area contributed by atoms with Gasteiger partial charge >= 0.3 is 5.97 Å². The largest absolute Gasteiger partial charge is 0.463 e. The van der Waals surface area contributed by atoms with Crippen LogP contribution >= 0.6 is 0 Å². The molecule has 0 radical (unpaired) electrons. The van der Waals surface area contributed by atoms with Crippen LogP contribution in [0.25, 0.3) is 0 Å². The second-order valence-electron chi connectivity index (χ2n) is 5.68. The molecule has 3 heteroatoms. The maximum atomic E-state index is 10.9. The molecule has 0 fully saturated rings. The van der Waals surface area contributed by atoms with Gasteiger partial charge in [0.1, 0.15) is 11.9 Å². The number of carbonyl (C=O) groups excluding carboxylic acids is 2. The molecule has 0 bridgehead atoms. The molecule has 126 valence electrons. The first-order valence-electron chi connectivity index (χ1n) is 8.52. The summed E-state index contributed by atoms with van der Waals surface area (Å²) in [7, 11) is 0. The fourth-order valence-corrected chi connectivity index (χ4v) is 2.18. The van der Waals surface area contributed by atoms with E-state index in [0.29, 0.717) is 6.42 Å². The lowest BCUT2D eigenvalue weighted by Gasteiger charge is -2.13. The van der Waals surface area contributed by atoms with Gasteiger partial charge in [-0.3, -0.25) is 4.79 Å². The molecular weight excluding hydrogens is 276 g/mol. The molecule has 22 heavy (non-hydrogen) atoms. The second-order valence-corrected chi connectivity index (χ2v) is 5.68. The van der Waals surface area contributed by atoms with Crippen LogP contribution in [0.5, 0.6) is 0 Å². The van der Waals surface area contributed by atoms with E-state index in [2.05, 4.69) is 24.3 Å². The third-order valence-corrected chi connectivity index (χ3v) is 3.42. The summed E-state index contributed by atoms with van der Waals surface area (Å²) in [5.74, 6) is 0.0906. The molecule has 0 heterocycles. The number of esters is 1. The molecule has 0 saturated heterocycles. The van der Waals surface area contributed by atoms with Crippen LogP contribution < -0.4 is 0 Å². The van der Waals surface area contributed by atoms with Crippen molar-refractivity contribution in [3.8, 4) is 0 Å². The molecule has 0 aromatic carbocycles. The molecule has 0 aliphatic heterocycles. The standard InChI is InChI=1S/C19H32O3/c1-4-19(22-18(3)21)16-14-12-10-8-6-5-7-9-11-13-15-17(2)20/h7-10,19H,4-6,11-16H2,1-3H3. The molecule has 0 amide bonds. The summed E-state index contributed by atoms with van der Waals surface area (Å²) >= 11 is 0. The Balaban J connectivity index is 3.49. The molecule has 1 atom stereocenters. The van der Waals surface area contributed by atoms with Crippen LogP contribution in [0.15, 0.2) is 24.3 Å². The molecule has 1 unspecified atom stereocenters. The van der Waals surface area contributed by atoms with Crippen LogP contribution in [-0.4, -0.2) is 17.9 Å². The van der Waals surface area contributed by atoms with E-state index in [9.17, 15) is 9.59 Å². The fourth-order valence-electron chi connectivity index (χ4n) is 2.18. The molecule has 0 aromatic rings. The summed E-state index contributed by atoms with van der Waals surface area (Å²) in [5, 5.41) is 0. The average molecular weight is 308 g/mol. The number of hydrogen-bond donors (Lipinski definition) is 0. The van der Waals surface area contributed by atoms with E-state index < -0.39 is 0 Å². The van der Waals surface area contributed by atoms with Gasteiger partial charge in [-0.2, -0.15) is 0 Å². The molecule has 0 aromatic heterocycles. The molecule has 0 N–H and O–H groups in total. The van der Waals surface area contributed by atoms with E-state index >= 15 is 0 Å². The molecular formula is C19H32O3. The summed E-state index contributed by atoms with van der Waals surface area (Å²) in [5.41, 5.74) is 0. The van der Waals surface area contributed by atoms with Gasteiger partial charge in [0.25, 0.3) is 0 Å². The summed E-state index contributed by atoms with van der Waals surface area (Å²) in [6.07, 6.45) is 17.6. The highest BCUT2D eigenvalue weighted by Crippen LogP contribution is 2.10. The molecule has 0 aliphatic carbocycles. The monoisotopic (exact) mass is 308 g/mol. The topological polar surface area (TPSA) is 43.4 Å². The summed E-state index contributed by atoms with van der Waals surface area (Å²) < 4.78 is 5.21. The van der Waals surface area contributed by atoms with Crippen molar-refractivity contribution in [3.63, 3.8) is 0 Å². The number of ketones is 1. The lowest BCUT2D eigenvalue weighted by Crippen LogP contribution is -2.14. The van der Waals surface area contributed by atoms with E-state index in [1.165, 1.54) is 6.92 Å². The highest BCUT2D eigenvalue weighted by Gasteiger charge is 2.07. The van der Waals surface area contributed by atoms with Gasteiger partial charge < -0.3 is 9.53 Å². The van der Waals surface area contributed by atoms with Gasteiger partial charge in [-0.15, -0.1) is 0 Å². The predicted octanol–water partition coefficient (Wildman–Crippen LogP) is 5.15. The van der Waals surface area contributed by atoms with Crippen LogP contribution in [0, 0.1) is 0 Å². The SMILES string of the molecule is CCC(CCCC=CCCC=CCCCC(C)=O)OC(C)=O. The third-order valence-electron chi connectivity index (χ3n) is 3.42. The van der Waals surface area contributed by atoms with E-state index in [-0.39, 0.29) is 17.9 Å². The number of ether oxygens (including phenoxy) is 1. The minimum atomic E-state index is -0.183. The van der Waals surface area contributed by atoms with Gasteiger partial charge in [-0.25, -0.2) is 0 Å². The normalized spacial score (nSPS) is 12.9. The molecule has 0 aliphatic rings. The van der Waals surface area contributed by atoms with Gasteiger partial charge in [-0.05, 0) is 58.3 Å². The van der Waals surface area contributed by atoms with Crippen molar-refractivity contribution >= 4 is 11.8 Å². The zero-order chi connectivity index (χ0) is 16.6. The average Bonchev–Trinajstić information content (AvgIpc) is 2.46. The Hall–Kier alpha value is -1.38. The van der Waals surface area contributed by atoms with Gasteiger partial charge in [0.2, 0.25) is 0 Å². The first kappa shape index (κ1) is 20.6. The van der Waals surface area contributed by atoms with Gasteiger partial charge in [-0.1, -0.05) is 31.2 Å². The lowest BCUT2D eigenvalue weighted by molar-refractivity contribution is -0.146. The quantitative estimate of drug-likeness (QED) is 0.268. The van der Waals surface area contributed by atoms with Crippen LogP contribution in [0.1, 0.15) is 78.6 Å². The number of allylic oxidation sites excluding steroid dienone is 4. The Morgan fingerprint density at radius 3 is 1.95 bits per heavy atom. The zero-order valence-electron chi connectivity index (χ0n) is 14.5. The first-order chi connectivity index (χ1) is 10.6. The van der Waals surface area contributed by atoms with Crippen LogP contribution in [0.4, 0.5) is 0 Å². The number of carbonyl (C=O) groups is 2. The minimum absolute atomic E-state index is 0.0730. The maximum Gasteiger partial charge on any atom is 0.302 e. The van der Waals surface area contributed by atoms with Gasteiger partial charge in [0, 0.05) is 13.3 Å². The summed E-state index contributed by atoms with van der Waals surface area (Å²) in [6.45, 7) is 5.16. The first-order valence-corrected chi connectivity index (χ1v) is 8.52. The molecule has 0 spiro atoms. The van der Waals surface area contributed by atoms with E-state index in [1.54, 1.807) is 6.92 Å². The van der Waals surface area contributed by atoms with Crippen molar-refractivity contribution in [1.29, 1.82) is 0 Å². The number of unbranched alkanes of at least 4 members (excludes halogenated alkanes) is 3. The minimum Gasteiger partial charge on any atom is -0.463 e. The van der Waals surface area contributed by atoms with Crippen LogP contribution in [0.2, 0.25) is 0 Å². The van der Waals surface area contributed by atoms with Crippen LogP contribution in [-0.2, 0) is 14.3 Å². The molecule has 0 rings (SSSR count). The Morgan fingerprint density at radius 1 is 0.909 bits per heavy atom. The highest BCUT2D eigenvalue weighted by atomic mass is 16.5. The number of rotatable bonds is 13. The summed E-state index contributed by atoms with van der Waals surface area (Å²) in [4.78, 5) is 21.6. The predicted molar refractivity (Wildman–Crippen MR) is 91.7 cm³/mol. The number of Topliss-reactive ketones (excluding diaryl/α,β-unsaturated/α-hetero) is 1. The Kier molecular flexibility index (Phi) is 13.6. The number of hydrogen-bond acceptors (Lipinski definition) is 3. The fraction of sp³-hybridized carbons (Fsp3) is 0.684. The zero-order valence-corrected chi connectivity index (χ0v) is 14.5. The van der Waals surface area contributed by atoms with Crippen molar-refractivity contribution in [2.75, 3.05) is 0 Å². The van der Waals surface area contributed by atoms with Crippen molar-refractivity contribution in [2.45, 2.75) is 84.7 Å². The Labute approximate surface area is 135 Å². The molecule has 3 nitrogen and oxygen atoms in total. The van der Waals surface area contributed by atoms with Crippen LogP contribution in [0.3, 0.4) is 0 Å². The highest BCUT2D eigenvalue weighted by molar-refractivity contribution is 5.75. The van der Waals surface area contributed by atoms with Gasteiger partial charge in [0.15, 0.2) is 0 Å². The second kappa shape index (κ2) is 14.6.